The van der Waals surface area contributed by atoms with Gasteiger partial charge in [-0.15, -0.1) is 0 Å². The zero-order chi connectivity index (χ0) is 24.4. The lowest BCUT2D eigenvalue weighted by Crippen LogP contribution is -2.58. The molecule has 0 radical (unpaired) electrons. The molecule has 0 saturated heterocycles. The lowest BCUT2D eigenvalue weighted by molar-refractivity contribution is -0.141. The predicted molar refractivity (Wildman–Crippen MR) is 118 cm³/mol. The molecule has 1 rings (SSSR count). The number of nitrogens with one attached hydrogen (secondary N) is 4. The number of H-pyrrole nitrogens is 1. The van der Waals surface area contributed by atoms with E-state index in [1.54, 1.807) is 0 Å². The minimum atomic E-state index is -1.20. The molecule has 0 aliphatic carbocycles. The Bertz CT molecular complexity index is 767. The largest absolute Gasteiger partial charge is 0.480 e. The number of aromatic amines is 1. The van der Waals surface area contributed by atoms with E-state index < -0.39 is 47.9 Å². The molecule has 32 heavy (non-hydrogen) atoms. The van der Waals surface area contributed by atoms with Crippen molar-refractivity contribution >= 4 is 23.7 Å². The summed E-state index contributed by atoms with van der Waals surface area (Å²) in [5.74, 6) is -2.82. The molecule has 3 amide bonds. The quantitative estimate of drug-likeness (QED) is 0.242. The summed E-state index contributed by atoms with van der Waals surface area (Å²) >= 11 is 0. The normalized spacial score (nSPS) is 15.8. The van der Waals surface area contributed by atoms with E-state index in [1.807, 2.05) is 27.7 Å². The number of aliphatic carboxylic acids is 1. The second kappa shape index (κ2) is 12.8. The highest BCUT2D eigenvalue weighted by atomic mass is 16.4. The van der Waals surface area contributed by atoms with Gasteiger partial charge in [0, 0.05) is 18.3 Å². The SMILES string of the molecule is CCC(C)C(N)C(=O)NC(CC(C)C)C(=O)NC(Cc1cnc[nH]1)C(=O)NC(C)C(=O)O. The van der Waals surface area contributed by atoms with E-state index >= 15 is 0 Å². The number of hydrogen-bond donors (Lipinski definition) is 6. The standard InChI is InChI=1S/C21H36N6O5/c1-6-12(4)17(22)20(30)27-15(7-11(2)3)19(29)26-16(8-14-9-23-10-24-14)18(28)25-13(5)21(31)32/h9-13,15-17H,6-8,22H2,1-5H3,(H,23,24)(H,25,28)(H,26,29)(H,27,30)(H,31,32). The van der Waals surface area contributed by atoms with Crippen molar-refractivity contribution in [2.75, 3.05) is 0 Å². The summed E-state index contributed by atoms with van der Waals surface area (Å²) in [6, 6.07) is -3.86. The van der Waals surface area contributed by atoms with Crippen molar-refractivity contribution < 1.29 is 24.3 Å². The van der Waals surface area contributed by atoms with Crippen molar-refractivity contribution in [1.29, 1.82) is 0 Å². The monoisotopic (exact) mass is 452 g/mol. The van der Waals surface area contributed by atoms with E-state index in [4.69, 9.17) is 10.8 Å². The third-order valence-electron chi connectivity index (χ3n) is 5.24. The van der Waals surface area contributed by atoms with Gasteiger partial charge in [0.15, 0.2) is 0 Å². The molecule has 0 spiro atoms. The van der Waals surface area contributed by atoms with Crippen LogP contribution in [0.3, 0.4) is 0 Å². The van der Waals surface area contributed by atoms with Gasteiger partial charge in [-0.25, -0.2) is 4.98 Å². The number of nitrogens with two attached hydrogens (primary N) is 1. The summed E-state index contributed by atoms with van der Waals surface area (Å²) in [7, 11) is 0. The third kappa shape index (κ3) is 8.66. The molecule has 0 aromatic carbocycles. The second-order valence-corrected chi connectivity index (χ2v) is 8.51. The molecule has 0 aliphatic heterocycles. The predicted octanol–water partition coefficient (Wildman–Crippen LogP) is -0.0694. The summed E-state index contributed by atoms with van der Waals surface area (Å²) in [6.07, 6.45) is 4.06. The lowest BCUT2D eigenvalue weighted by atomic mass is 9.97. The number of carbonyl (C=O) groups excluding carboxylic acids is 3. The lowest BCUT2D eigenvalue weighted by Gasteiger charge is -2.26. The fraction of sp³-hybridized carbons (Fsp3) is 0.667. The van der Waals surface area contributed by atoms with Crippen molar-refractivity contribution in [2.45, 2.75) is 78.0 Å². The van der Waals surface area contributed by atoms with Gasteiger partial charge in [-0.2, -0.15) is 0 Å². The summed E-state index contributed by atoms with van der Waals surface area (Å²) in [5.41, 5.74) is 6.58. The molecule has 0 bridgehead atoms. The van der Waals surface area contributed by atoms with E-state index in [9.17, 15) is 19.2 Å². The van der Waals surface area contributed by atoms with Gasteiger partial charge in [-0.3, -0.25) is 19.2 Å². The zero-order valence-corrected chi connectivity index (χ0v) is 19.3. The van der Waals surface area contributed by atoms with Crippen LogP contribution in [-0.2, 0) is 25.6 Å². The second-order valence-electron chi connectivity index (χ2n) is 8.51. The van der Waals surface area contributed by atoms with Crippen molar-refractivity contribution in [2.24, 2.45) is 17.6 Å². The minimum absolute atomic E-state index is 0.0610. The van der Waals surface area contributed by atoms with Gasteiger partial charge >= 0.3 is 5.97 Å². The average Bonchev–Trinajstić information content (AvgIpc) is 3.23. The maximum absolute atomic E-state index is 13.1. The molecule has 0 fully saturated rings. The molecule has 5 atom stereocenters. The number of carbonyl (C=O) groups is 4. The highest BCUT2D eigenvalue weighted by molar-refractivity contribution is 5.94. The van der Waals surface area contributed by atoms with Crippen LogP contribution in [0.2, 0.25) is 0 Å². The van der Waals surface area contributed by atoms with Crippen molar-refractivity contribution in [1.82, 2.24) is 25.9 Å². The topological polar surface area (TPSA) is 179 Å². The van der Waals surface area contributed by atoms with Crippen LogP contribution in [0.1, 0.15) is 53.2 Å². The Hall–Kier alpha value is -2.95. The number of carboxylic acids is 1. The maximum atomic E-state index is 13.1. The highest BCUT2D eigenvalue weighted by Gasteiger charge is 2.31. The van der Waals surface area contributed by atoms with Crippen LogP contribution >= 0.6 is 0 Å². The van der Waals surface area contributed by atoms with Crippen LogP contribution in [0.15, 0.2) is 12.5 Å². The first kappa shape index (κ1) is 27.1. The molecule has 1 heterocycles. The zero-order valence-electron chi connectivity index (χ0n) is 19.3. The van der Waals surface area contributed by atoms with Gasteiger partial charge in [-0.05, 0) is 25.2 Å². The Labute approximate surface area is 188 Å². The van der Waals surface area contributed by atoms with Gasteiger partial charge in [-0.1, -0.05) is 34.1 Å². The third-order valence-corrected chi connectivity index (χ3v) is 5.24. The Morgan fingerprint density at radius 1 is 1.03 bits per heavy atom. The van der Waals surface area contributed by atoms with Crippen molar-refractivity contribution in [3.63, 3.8) is 0 Å². The molecule has 180 valence electrons. The highest BCUT2D eigenvalue weighted by Crippen LogP contribution is 2.10. The van der Waals surface area contributed by atoms with Crippen LogP contribution in [0.5, 0.6) is 0 Å². The van der Waals surface area contributed by atoms with Crippen LogP contribution in [-0.4, -0.2) is 62.9 Å². The van der Waals surface area contributed by atoms with E-state index in [2.05, 4.69) is 25.9 Å². The average molecular weight is 453 g/mol. The van der Waals surface area contributed by atoms with Gasteiger partial charge in [0.25, 0.3) is 0 Å². The molecule has 11 nitrogen and oxygen atoms in total. The molecule has 1 aromatic heterocycles. The molecule has 1 aromatic rings. The van der Waals surface area contributed by atoms with Crippen LogP contribution in [0.25, 0.3) is 0 Å². The fourth-order valence-electron chi connectivity index (χ4n) is 2.96. The van der Waals surface area contributed by atoms with E-state index in [1.165, 1.54) is 19.4 Å². The Balaban J connectivity index is 3.00. The van der Waals surface area contributed by atoms with E-state index in [0.717, 1.165) is 0 Å². The summed E-state index contributed by atoms with van der Waals surface area (Å²) in [4.78, 5) is 56.2. The van der Waals surface area contributed by atoms with E-state index in [-0.39, 0.29) is 18.3 Å². The van der Waals surface area contributed by atoms with Crippen LogP contribution in [0, 0.1) is 11.8 Å². The molecular weight excluding hydrogens is 416 g/mol. The Kier molecular flexibility index (Phi) is 10.8. The van der Waals surface area contributed by atoms with Crippen LogP contribution in [0.4, 0.5) is 0 Å². The first-order valence-corrected chi connectivity index (χ1v) is 10.8. The smallest absolute Gasteiger partial charge is 0.325 e. The Morgan fingerprint density at radius 2 is 1.62 bits per heavy atom. The number of imidazole rings is 1. The molecule has 7 N–H and O–H groups in total. The summed E-state index contributed by atoms with van der Waals surface area (Å²) in [6.45, 7) is 8.92. The number of amides is 3. The summed E-state index contributed by atoms with van der Waals surface area (Å²) < 4.78 is 0. The van der Waals surface area contributed by atoms with Gasteiger partial charge in [0.05, 0.1) is 12.4 Å². The number of hydrogen-bond acceptors (Lipinski definition) is 6. The van der Waals surface area contributed by atoms with E-state index in [0.29, 0.717) is 18.5 Å². The summed E-state index contributed by atoms with van der Waals surface area (Å²) in [5, 5.41) is 16.8. The first-order valence-electron chi connectivity index (χ1n) is 10.8. The molecule has 0 saturated carbocycles. The minimum Gasteiger partial charge on any atom is -0.480 e. The molecule has 0 aliphatic rings. The number of nitrogens with zero attached hydrogens (tertiary/aromatic N) is 1. The number of carboxylic acid groups (broad SMARTS) is 1. The van der Waals surface area contributed by atoms with Gasteiger partial charge in [0.1, 0.15) is 18.1 Å². The van der Waals surface area contributed by atoms with Gasteiger partial charge < -0.3 is 31.8 Å². The fourth-order valence-corrected chi connectivity index (χ4v) is 2.96. The molecular formula is C21H36N6O5. The maximum Gasteiger partial charge on any atom is 0.325 e. The van der Waals surface area contributed by atoms with Gasteiger partial charge in [0.2, 0.25) is 17.7 Å². The number of rotatable bonds is 13. The first-order chi connectivity index (χ1) is 15.0. The van der Waals surface area contributed by atoms with Crippen LogP contribution < -0.4 is 21.7 Å². The number of aromatic nitrogens is 2. The molecule has 5 unspecified atom stereocenters. The Morgan fingerprint density at radius 3 is 2.12 bits per heavy atom. The van der Waals surface area contributed by atoms with Crippen molar-refractivity contribution in [3.8, 4) is 0 Å². The van der Waals surface area contributed by atoms with Crippen molar-refractivity contribution in [3.05, 3.63) is 18.2 Å². The molecule has 11 heteroatoms.